The van der Waals surface area contributed by atoms with E-state index in [-0.39, 0.29) is 12.5 Å². The summed E-state index contributed by atoms with van der Waals surface area (Å²) in [4.78, 5) is 9.77. The number of carboxylic acids is 1. The van der Waals surface area contributed by atoms with Gasteiger partial charge in [0.15, 0.2) is 0 Å². The second-order valence-electron chi connectivity index (χ2n) is 2.70. The molecule has 0 aromatic heterocycles. The fourth-order valence-corrected chi connectivity index (χ4v) is 0.585. The van der Waals surface area contributed by atoms with Gasteiger partial charge in [0.2, 0.25) is 0 Å². The Bertz CT molecular complexity index is 121. The molecular formula is C8H17NO3. The van der Waals surface area contributed by atoms with Crippen molar-refractivity contribution >= 4 is 5.97 Å². The van der Waals surface area contributed by atoms with E-state index in [4.69, 9.17) is 10.8 Å². The van der Waals surface area contributed by atoms with E-state index in [1.54, 1.807) is 0 Å². The van der Waals surface area contributed by atoms with Crippen LogP contribution < -0.4 is 5.73 Å². The van der Waals surface area contributed by atoms with Crippen LogP contribution in [0.3, 0.4) is 0 Å². The third-order valence-electron chi connectivity index (χ3n) is 1.36. The van der Waals surface area contributed by atoms with E-state index in [1.807, 2.05) is 0 Å². The van der Waals surface area contributed by atoms with E-state index >= 15 is 0 Å². The second-order valence-corrected chi connectivity index (χ2v) is 2.70. The van der Waals surface area contributed by atoms with Crippen molar-refractivity contribution in [3.8, 4) is 0 Å². The summed E-state index contributed by atoms with van der Waals surface area (Å²) in [5.41, 5.74) is 5.14. The molecule has 1 atom stereocenters. The zero-order valence-electron chi connectivity index (χ0n) is 7.45. The van der Waals surface area contributed by atoms with Crippen molar-refractivity contribution in [2.24, 2.45) is 5.73 Å². The van der Waals surface area contributed by atoms with Crippen LogP contribution in [0.5, 0.6) is 0 Å². The standard InChI is InChI=1S/C4H11N.C4H6O3/c1-2-3-4-5;5-4(6)1-3-2-7-3/h2-5H2,1H3;3H,1-2H2,(H,5,6)/t;3-/m.0/s1. The van der Waals surface area contributed by atoms with Crippen LogP contribution in [-0.2, 0) is 9.53 Å². The maximum Gasteiger partial charge on any atom is 0.306 e. The lowest BCUT2D eigenvalue weighted by Crippen LogP contribution is -1.98. The van der Waals surface area contributed by atoms with Gasteiger partial charge in [0.05, 0.1) is 19.1 Å². The minimum atomic E-state index is -0.775. The van der Waals surface area contributed by atoms with Crippen LogP contribution >= 0.6 is 0 Å². The number of aliphatic carboxylic acids is 1. The van der Waals surface area contributed by atoms with Crippen molar-refractivity contribution in [2.45, 2.75) is 32.3 Å². The molecule has 1 saturated heterocycles. The molecule has 0 aliphatic carbocycles. The fourth-order valence-electron chi connectivity index (χ4n) is 0.585. The molecule has 0 amide bonds. The predicted octanol–water partition coefficient (Wildman–Crippen LogP) is 0.605. The monoisotopic (exact) mass is 175 g/mol. The smallest absolute Gasteiger partial charge is 0.306 e. The van der Waals surface area contributed by atoms with Crippen molar-refractivity contribution < 1.29 is 14.6 Å². The van der Waals surface area contributed by atoms with Crippen molar-refractivity contribution in [1.82, 2.24) is 0 Å². The van der Waals surface area contributed by atoms with Gasteiger partial charge in [-0.2, -0.15) is 0 Å². The Morgan fingerprint density at radius 1 is 1.75 bits per heavy atom. The molecule has 0 bridgehead atoms. The number of carbonyl (C=O) groups is 1. The molecule has 72 valence electrons. The van der Waals surface area contributed by atoms with E-state index in [0.717, 1.165) is 6.54 Å². The van der Waals surface area contributed by atoms with Crippen molar-refractivity contribution in [3.05, 3.63) is 0 Å². The summed E-state index contributed by atoms with van der Waals surface area (Å²) in [5, 5.41) is 8.04. The maximum absolute atomic E-state index is 9.77. The molecule has 1 aliphatic heterocycles. The number of rotatable bonds is 4. The topological polar surface area (TPSA) is 75.9 Å². The SMILES string of the molecule is CCCCN.O=C(O)C[C@H]1CO1. The summed E-state index contributed by atoms with van der Waals surface area (Å²) in [7, 11) is 0. The molecule has 0 saturated carbocycles. The van der Waals surface area contributed by atoms with Gasteiger partial charge < -0.3 is 15.6 Å². The zero-order valence-corrected chi connectivity index (χ0v) is 7.45. The van der Waals surface area contributed by atoms with Gasteiger partial charge in [-0.1, -0.05) is 13.3 Å². The Labute approximate surface area is 72.7 Å². The lowest BCUT2D eigenvalue weighted by molar-refractivity contribution is -0.137. The number of ether oxygens (including phenoxy) is 1. The van der Waals surface area contributed by atoms with Crippen LogP contribution in [0.25, 0.3) is 0 Å². The first-order chi connectivity index (χ1) is 5.70. The van der Waals surface area contributed by atoms with E-state index in [9.17, 15) is 4.79 Å². The molecular weight excluding hydrogens is 158 g/mol. The average Bonchev–Trinajstić information content (AvgIpc) is 2.73. The van der Waals surface area contributed by atoms with Gasteiger partial charge in [-0.15, -0.1) is 0 Å². The normalized spacial score (nSPS) is 19.3. The van der Waals surface area contributed by atoms with Gasteiger partial charge in [-0.05, 0) is 13.0 Å². The third kappa shape index (κ3) is 9.39. The van der Waals surface area contributed by atoms with Crippen molar-refractivity contribution in [2.75, 3.05) is 13.2 Å². The molecule has 4 nitrogen and oxygen atoms in total. The largest absolute Gasteiger partial charge is 0.481 e. The highest BCUT2D eigenvalue weighted by Crippen LogP contribution is 2.12. The summed E-state index contributed by atoms with van der Waals surface area (Å²) in [5.74, 6) is -0.775. The van der Waals surface area contributed by atoms with E-state index in [0.29, 0.717) is 6.61 Å². The van der Waals surface area contributed by atoms with Gasteiger partial charge in [0.25, 0.3) is 0 Å². The highest BCUT2D eigenvalue weighted by atomic mass is 16.6. The van der Waals surface area contributed by atoms with Gasteiger partial charge in [-0.3, -0.25) is 4.79 Å². The number of hydrogen-bond donors (Lipinski definition) is 2. The quantitative estimate of drug-likeness (QED) is 0.614. The molecule has 0 radical (unpaired) electrons. The number of hydrogen-bond acceptors (Lipinski definition) is 3. The molecule has 4 heteroatoms. The third-order valence-corrected chi connectivity index (χ3v) is 1.36. The Morgan fingerprint density at radius 3 is 2.42 bits per heavy atom. The minimum Gasteiger partial charge on any atom is -0.481 e. The Hall–Kier alpha value is -0.610. The summed E-state index contributed by atoms with van der Waals surface area (Å²) in [6, 6.07) is 0. The Balaban J connectivity index is 0.000000217. The van der Waals surface area contributed by atoms with Gasteiger partial charge >= 0.3 is 5.97 Å². The van der Waals surface area contributed by atoms with E-state index in [1.165, 1.54) is 12.8 Å². The summed E-state index contributed by atoms with van der Waals surface area (Å²) in [6.07, 6.45) is 2.58. The molecule has 0 spiro atoms. The van der Waals surface area contributed by atoms with Crippen LogP contribution in [0.2, 0.25) is 0 Å². The summed E-state index contributed by atoms with van der Waals surface area (Å²) < 4.78 is 4.64. The molecule has 0 aromatic rings. The highest BCUT2D eigenvalue weighted by molar-refractivity contribution is 5.67. The first-order valence-electron chi connectivity index (χ1n) is 4.24. The van der Waals surface area contributed by atoms with E-state index < -0.39 is 5.97 Å². The van der Waals surface area contributed by atoms with Crippen LogP contribution in [0.4, 0.5) is 0 Å². The van der Waals surface area contributed by atoms with Gasteiger partial charge in [0.1, 0.15) is 0 Å². The summed E-state index contributed by atoms with van der Waals surface area (Å²) >= 11 is 0. The molecule has 1 aliphatic rings. The van der Waals surface area contributed by atoms with Crippen molar-refractivity contribution in [1.29, 1.82) is 0 Å². The van der Waals surface area contributed by atoms with Crippen molar-refractivity contribution in [3.63, 3.8) is 0 Å². The maximum atomic E-state index is 9.77. The summed E-state index contributed by atoms with van der Waals surface area (Å²) in [6.45, 7) is 3.61. The number of unbranched alkanes of at least 4 members (excludes halogenated alkanes) is 1. The average molecular weight is 175 g/mol. The molecule has 0 aromatic carbocycles. The predicted molar refractivity (Wildman–Crippen MR) is 46.0 cm³/mol. The lowest BCUT2D eigenvalue weighted by Gasteiger charge is -1.80. The lowest BCUT2D eigenvalue weighted by atomic mass is 10.3. The Morgan fingerprint density at radius 2 is 2.33 bits per heavy atom. The highest BCUT2D eigenvalue weighted by Gasteiger charge is 2.24. The number of nitrogens with two attached hydrogens (primary N) is 1. The van der Waals surface area contributed by atoms with Crippen LogP contribution in [0.1, 0.15) is 26.2 Å². The molecule has 3 N–H and O–H groups in total. The van der Waals surface area contributed by atoms with Gasteiger partial charge in [-0.25, -0.2) is 0 Å². The van der Waals surface area contributed by atoms with E-state index in [2.05, 4.69) is 11.7 Å². The minimum absolute atomic E-state index is 0.0255. The Kier molecular flexibility index (Phi) is 6.70. The first-order valence-corrected chi connectivity index (χ1v) is 4.24. The van der Waals surface area contributed by atoms with Crippen LogP contribution in [-0.4, -0.2) is 30.3 Å². The fraction of sp³-hybridized carbons (Fsp3) is 0.875. The second kappa shape index (κ2) is 7.06. The van der Waals surface area contributed by atoms with Crippen LogP contribution in [0, 0.1) is 0 Å². The molecule has 1 rings (SSSR count). The number of epoxide rings is 1. The molecule has 1 heterocycles. The van der Waals surface area contributed by atoms with Gasteiger partial charge in [0, 0.05) is 0 Å². The molecule has 0 unspecified atom stereocenters. The van der Waals surface area contributed by atoms with Crippen LogP contribution in [0.15, 0.2) is 0 Å². The number of carboxylic acid groups (broad SMARTS) is 1. The zero-order chi connectivity index (χ0) is 9.40. The molecule has 12 heavy (non-hydrogen) atoms. The first kappa shape index (κ1) is 11.4. The molecule has 1 fully saturated rings.